The number of rotatable bonds is 6. The Bertz CT molecular complexity index is 657. The van der Waals surface area contributed by atoms with E-state index in [4.69, 9.17) is 13.8 Å². The van der Waals surface area contributed by atoms with Crippen LogP contribution < -0.4 is 4.74 Å². The number of aromatic nitrogens is 1. The zero-order valence-corrected chi connectivity index (χ0v) is 14.1. The fourth-order valence-corrected chi connectivity index (χ4v) is 3.06. The first-order chi connectivity index (χ1) is 10.0. The molecule has 0 aliphatic rings. The van der Waals surface area contributed by atoms with Gasteiger partial charge in [-0.15, -0.1) is 0 Å². The molecule has 0 N–H and O–H groups in total. The maximum Gasteiger partial charge on any atom is 0.334 e. The zero-order chi connectivity index (χ0) is 15.3. The van der Waals surface area contributed by atoms with Crippen LogP contribution in [-0.2, 0) is 19.8 Å². The van der Waals surface area contributed by atoms with Gasteiger partial charge in [0.2, 0.25) is 5.88 Å². The van der Waals surface area contributed by atoms with Crippen LogP contribution in [0, 0.1) is 0 Å². The Kier molecular flexibility index (Phi) is 5.53. The van der Waals surface area contributed by atoms with Gasteiger partial charge in [-0.05, 0) is 23.8 Å². The molecule has 112 valence electrons. The van der Waals surface area contributed by atoms with E-state index < -0.39 is 7.60 Å². The molecule has 1 heterocycles. The summed E-state index contributed by atoms with van der Waals surface area (Å²) in [6.45, 7) is 0. The van der Waals surface area contributed by atoms with E-state index in [-0.39, 0.29) is 6.16 Å². The van der Waals surface area contributed by atoms with E-state index in [0.29, 0.717) is 11.6 Å². The van der Waals surface area contributed by atoms with Crippen molar-refractivity contribution in [2.75, 3.05) is 14.2 Å². The Morgan fingerprint density at radius 3 is 2.62 bits per heavy atom. The van der Waals surface area contributed by atoms with Crippen molar-refractivity contribution < 1.29 is 18.3 Å². The van der Waals surface area contributed by atoms with Crippen molar-refractivity contribution in [1.29, 1.82) is 0 Å². The lowest BCUT2D eigenvalue weighted by Crippen LogP contribution is -1.94. The molecule has 0 saturated heterocycles. The van der Waals surface area contributed by atoms with Crippen molar-refractivity contribution in [3.63, 3.8) is 0 Å². The highest BCUT2D eigenvalue weighted by Gasteiger charge is 2.21. The number of hydrogen-bond acceptors (Lipinski definition) is 5. The quantitative estimate of drug-likeness (QED) is 0.693. The van der Waals surface area contributed by atoms with E-state index in [0.717, 1.165) is 10.0 Å². The van der Waals surface area contributed by atoms with E-state index in [2.05, 4.69) is 20.9 Å². The summed E-state index contributed by atoms with van der Waals surface area (Å²) >= 11 is 3.36. The summed E-state index contributed by atoms with van der Waals surface area (Å²) in [4.78, 5) is 4.12. The molecule has 0 aliphatic carbocycles. The van der Waals surface area contributed by atoms with Crippen molar-refractivity contribution in [1.82, 2.24) is 4.98 Å². The van der Waals surface area contributed by atoms with Crippen LogP contribution in [-0.4, -0.2) is 19.2 Å². The van der Waals surface area contributed by atoms with Gasteiger partial charge in [-0.1, -0.05) is 28.1 Å². The highest BCUT2D eigenvalue weighted by molar-refractivity contribution is 9.10. The molecule has 2 rings (SSSR count). The molecule has 21 heavy (non-hydrogen) atoms. The summed E-state index contributed by atoms with van der Waals surface area (Å²) in [6.07, 6.45) is 1.83. The molecule has 1 aromatic heterocycles. The van der Waals surface area contributed by atoms with Crippen LogP contribution in [0.1, 0.15) is 5.56 Å². The molecule has 1 aromatic carbocycles. The van der Waals surface area contributed by atoms with Gasteiger partial charge < -0.3 is 13.8 Å². The molecule has 0 fully saturated rings. The Labute approximate surface area is 131 Å². The highest BCUT2D eigenvalue weighted by atomic mass is 79.9. The van der Waals surface area contributed by atoms with Gasteiger partial charge >= 0.3 is 7.60 Å². The maximum atomic E-state index is 12.1. The minimum Gasteiger partial charge on any atom is -0.439 e. The largest absolute Gasteiger partial charge is 0.439 e. The summed E-state index contributed by atoms with van der Waals surface area (Å²) < 4.78 is 28.6. The van der Waals surface area contributed by atoms with Gasteiger partial charge in [0.05, 0.1) is 6.16 Å². The lowest BCUT2D eigenvalue weighted by atomic mass is 10.2. The SMILES string of the molecule is COP(=O)(Cc1cccc(Oc2cc(Br)ccn2)c1)OC. The number of pyridine rings is 1. The van der Waals surface area contributed by atoms with E-state index >= 15 is 0 Å². The summed E-state index contributed by atoms with van der Waals surface area (Å²) in [5.74, 6) is 1.08. The first-order valence-electron chi connectivity index (χ1n) is 6.13. The zero-order valence-electron chi connectivity index (χ0n) is 11.7. The normalized spacial score (nSPS) is 11.4. The third-order valence-corrected chi connectivity index (χ3v) is 5.11. The lowest BCUT2D eigenvalue weighted by molar-refractivity contribution is 0.275. The molecular formula is C14H15BrNO4P. The topological polar surface area (TPSA) is 57.7 Å². The molecule has 0 spiro atoms. The van der Waals surface area contributed by atoms with E-state index in [1.807, 2.05) is 18.2 Å². The Balaban J connectivity index is 2.16. The van der Waals surface area contributed by atoms with Gasteiger partial charge in [0.25, 0.3) is 0 Å². The van der Waals surface area contributed by atoms with Gasteiger partial charge in [0, 0.05) is 31.0 Å². The van der Waals surface area contributed by atoms with E-state index in [1.54, 1.807) is 24.4 Å². The third kappa shape index (κ3) is 4.64. The maximum absolute atomic E-state index is 12.1. The predicted molar refractivity (Wildman–Crippen MR) is 83.8 cm³/mol. The Morgan fingerprint density at radius 1 is 1.19 bits per heavy atom. The number of benzene rings is 1. The molecule has 0 radical (unpaired) electrons. The van der Waals surface area contributed by atoms with Gasteiger partial charge in [-0.3, -0.25) is 4.57 Å². The molecule has 5 nitrogen and oxygen atoms in total. The van der Waals surface area contributed by atoms with Crippen LogP contribution in [0.4, 0.5) is 0 Å². The fourth-order valence-electron chi connectivity index (χ4n) is 1.70. The summed E-state index contributed by atoms with van der Waals surface area (Å²) in [7, 11) is -0.350. The smallest absolute Gasteiger partial charge is 0.334 e. The Morgan fingerprint density at radius 2 is 1.95 bits per heavy atom. The molecule has 0 unspecified atom stereocenters. The van der Waals surface area contributed by atoms with Crippen molar-refractivity contribution >= 4 is 23.5 Å². The van der Waals surface area contributed by atoms with Crippen LogP contribution in [0.15, 0.2) is 47.1 Å². The molecule has 0 amide bonds. The molecule has 7 heteroatoms. The standard InChI is InChI=1S/C14H15BrNO4P/c1-18-21(17,19-2)10-11-4-3-5-13(8-11)20-14-9-12(15)6-7-16-14/h3-9H,10H2,1-2H3. The van der Waals surface area contributed by atoms with Gasteiger partial charge in [0.1, 0.15) is 5.75 Å². The number of hydrogen-bond donors (Lipinski definition) is 0. The average molecular weight is 372 g/mol. The Hall–Kier alpha value is -1.20. The molecule has 2 aromatic rings. The molecule has 0 bridgehead atoms. The van der Waals surface area contributed by atoms with Gasteiger partial charge in [0.15, 0.2) is 0 Å². The predicted octanol–water partition coefficient (Wildman–Crippen LogP) is 4.62. The molecule has 0 aliphatic heterocycles. The van der Waals surface area contributed by atoms with E-state index in [9.17, 15) is 4.57 Å². The first kappa shape index (κ1) is 16.2. The number of nitrogens with zero attached hydrogens (tertiary/aromatic N) is 1. The number of ether oxygens (including phenoxy) is 1. The van der Waals surface area contributed by atoms with Gasteiger partial charge in [-0.2, -0.15) is 0 Å². The van der Waals surface area contributed by atoms with Crippen molar-refractivity contribution in [3.8, 4) is 11.6 Å². The molecular weight excluding hydrogens is 357 g/mol. The second kappa shape index (κ2) is 7.18. The lowest BCUT2D eigenvalue weighted by Gasteiger charge is -2.14. The summed E-state index contributed by atoms with van der Waals surface area (Å²) in [5.41, 5.74) is 0.800. The monoisotopic (exact) mass is 371 g/mol. The second-order valence-electron chi connectivity index (χ2n) is 4.20. The average Bonchev–Trinajstić information content (AvgIpc) is 2.47. The van der Waals surface area contributed by atoms with Crippen LogP contribution >= 0.6 is 23.5 Å². The highest BCUT2D eigenvalue weighted by Crippen LogP contribution is 2.49. The fraction of sp³-hybridized carbons (Fsp3) is 0.214. The minimum absolute atomic E-state index is 0.184. The third-order valence-electron chi connectivity index (χ3n) is 2.75. The summed E-state index contributed by atoms with van der Waals surface area (Å²) in [6, 6.07) is 10.8. The first-order valence-corrected chi connectivity index (χ1v) is 8.65. The molecule has 0 saturated carbocycles. The van der Waals surface area contributed by atoms with E-state index in [1.165, 1.54) is 14.2 Å². The van der Waals surface area contributed by atoms with Crippen molar-refractivity contribution in [2.45, 2.75) is 6.16 Å². The molecule has 0 atom stereocenters. The summed E-state index contributed by atoms with van der Waals surface area (Å²) in [5, 5.41) is 0. The second-order valence-corrected chi connectivity index (χ2v) is 7.38. The van der Waals surface area contributed by atoms with Crippen molar-refractivity contribution in [2.24, 2.45) is 0 Å². The minimum atomic E-state index is -3.09. The number of halogens is 1. The van der Waals surface area contributed by atoms with Crippen LogP contribution in [0.25, 0.3) is 0 Å². The van der Waals surface area contributed by atoms with Crippen LogP contribution in [0.3, 0.4) is 0 Å². The van der Waals surface area contributed by atoms with Gasteiger partial charge in [-0.25, -0.2) is 4.98 Å². The van der Waals surface area contributed by atoms with Crippen LogP contribution in [0.2, 0.25) is 0 Å². The van der Waals surface area contributed by atoms with Crippen molar-refractivity contribution in [3.05, 3.63) is 52.6 Å². The van der Waals surface area contributed by atoms with Crippen LogP contribution in [0.5, 0.6) is 11.6 Å².